The number of likely N-dealkylation sites (tertiary alicyclic amines) is 1. The van der Waals surface area contributed by atoms with Crippen LogP contribution in [-0.4, -0.2) is 49.1 Å². The molecule has 2 aromatic rings. The van der Waals surface area contributed by atoms with Gasteiger partial charge in [0.25, 0.3) is 11.7 Å². The van der Waals surface area contributed by atoms with Crippen molar-refractivity contribution in [3.05, 3.63) is 57.3 Å². The highest BCUT2D eigenvalue weighted by Gasteiger charge is 2.46. The first-order chi connectivity index (χ1) is 13.5. The van der Waals surface area contributed by atoms with Crippen LogP contribution in [0.2, 0.25) is 0 Å². The third-order valence-corrected chi connectivity index (χ3v) is 5.69. The fourth-order valence-electron chi connectivity index (χ4n) is 3.41. The number of hydrogen-bond donors (Lipinski definition) is 1. The maximum absolute atomic E-state index is 12.8. The maximum atomic E-state index is 12.8. The Morgan fingerprint density at radius 3 is 2.64 bits per heavy atom. The molecular weight excluding hydrogens is 378 g/mol. The Morgan fingerprint density at radius 1 is 1.25 bits per heavy atom. The van der Waals surface area contributed by atoms with E-state index in [9.17, 15) is 14.7 Å². The number of hydrogen-bond acceptors (Lipinski definition) is 6. The number of rotatable bonds is 7. The van der Waals surface area contributed by atoms with Crippen molar-refractivity contribution >= 4 is 28.8 Å². The Kier molecular flexibility index (Phi) is 6.16. The molecular formula is C21H23NO5S. The van der Waals surface area contributed by atoms with E-state index in [0.29, 0.717) is 30.9 Å². The fourth-order valence-corrected chi connectivity index (χ4v) is 4.26. The summed E-state index contributed by atoms with van der Waals surface area (Å²) in [6, 6.07) is 8.31. The van der Waals surface area contributed by atoms with E-state index in [1.165, 1.54) is 16.2 Å². The lowest BCUT2D eigenvalue weighted by atomic mass is 9.98. The van der Waals surface area contributed by atoms with Gasteiger partial charge in [-0.05, 0) is 48.6 Å². The summed E-state index contributed by atoms with van der Waals surface area (Å²) in [5, 5.41) is 12.9. The molecule has 0 saturated carbocycles. The molecule has 0 spiro atoms. The standard InChI is InChI=1S/C21H23NO5S/c1-13-12-14(7-8-15(13)27-3)19(23)17-18(16-6-4-11-28-16)22(9-5-10-26-2)21(25)20(17)24/h4,6-8,11-12,18,23H,5,9-10H2,1-3H3. The number of aliphatic hydroxyl groups is 1. The van der Waals surface area contributed by atoms with E-state index in [-0.39, 0.29) is 11.3 Å². The number of amides is 1. The second-order valence-corrected chi connectivity index (χ2v) is 7.52. The minimum Gasteiger partial charge on any atom is -0.507 e. The molecule has 6 nitrogen and oxygen atoms in total. The zero-order valence-electron chi connectivity index (χ0n) is 16.1. The Labute approximate surface area is 168 Å². The van der Waals surface area contributed by atoms with Crippen LogP contribution in [0.3, 0.4) is 0 Å². The number of nitrogens with zero attached hydrogens (tertiary/aromatic N) is 1. The van der Waals surface area contributed by atoms with Gasteiger partial charge in [-0.2, -0.15) is 0 Å². The lowest BCUT2D eigenvalue weighted by Crippen LogP contribution is -2.31. The number of Topliss-reactive ketones (excluding diaryl/α,β-unsaturated/α-hetero) is 1. The maximum Gasteiger partial charge on any atom is 0.295 e. The van der Waals surface area contributed by atoms with Crippen molar-refractivity contribution < 1.29 is 24.2 Å². The molecule has 28 heavy (non-hydrogen) atoms. The second-order valence-electron chi connectivity index (χ2n) is 6.54. The quantitative estimate of drug-likeness (QED) is 0.332. The average molecular weight is 401 g/mol. The minimum absolute atomic E-state index is 0.120. The van der Waals surface area contributed by atoms with Crippen molar-refractivity contribution in [1.82, 2.24) is 4.90 Å². The van der Waals surface area contributed by atoms with E-state index >= 15 is 0 Å². The molecule has 1 aliphatic heterocycles. The van der Waals surface area contributed by atoms with Crippen LogP contribution in [-0.2, 0) is 14.3 Å². The molecule has 1 amide bonds. The molecule has 3 rings (SSSR count). The SMILES string of the molecule is COCCCN1C(=O)C(=O)C(=C(O)c2ccc(OC)c(C)c2)C1c1cccs1. The average Bonchev–Trinajstić information content (AvgIpc) is 3.30. The molecule has 1 aromatic heterocycles. The zero-order valence-corrected chi connectivity index (χ0v) is 16.9. The van der Waals surface area contributed by atoms with E-state index in [4.69, 9.17) is 9.47 Å². The van der Waals surface area contributed by atoms with Crippen LogP contribution >= 0.6 is 11.3 Å². The number of thiophene rings is 1. The third-order valence-electron chi connectivity index (χ3n) is 4.77. The first-order valence-corrected chi connectivity index (χ1v) is 9.83. The monoisotopic (exact) mass is 401 g/mol. The summed E-state index contributed by atoms with van der Waals surface area (Å²) >= 11 is 1.45. The highest BCUT2D eigenvalue weighted by molar-refractivity contribution is 7.10. The van der Waals surface area contributed by atoms with Crippen LogP contribution in [0.5, 0.6) is 5.75 Å². The number of ether oxygens (including phenoxy) is 2. The lowest BCUT2D eigenvalue weighted by molar-refractivity contribution is -0.140. The third kappa shape index (κ3) is 3.68. The summed E-state index contributed by atoms with van der Waals surface area (Å²) in [5.74, 6) is -0.744. The van der Waals surface area contributed by atoms with Crippen molar-refractivity contribution in [3.63, 3.8) is 0 Å². The van der Waals surface area contributed by atoms with Gasteiger partial charge in [0.1, 0.15) is 11.5 Å². The van der Waals surface area contributed by atoms with Crippen molar-refractivity contribution in [2.45, 2.75) is 19.4 Å². The summed E-state index contributed by atoms with van der Waals surface area (Å²) in [4.78, 5) is 27.9. The largest absolute Gasteiger partial charge is 0.507 e. The summed E-state index contributed by atoms with van der Waals surface area (Å²) in [5.41, 5.74) is 1.43. The summed E-state index contributed by atoms with van der Waals surface area (Å²) in [6.45, 7) is 2.72. The molecule has 1 saturated heterocycles. The molecule has 1 fully saturated rings. The van der Waals surface area contributed by atoms with Gasteiger partial charge < -0.3 is 19.5 Å². The number of carbonyl (C=O) groups excluding carboxylic acids is 2. The smallest absolute Gasteiger partial charge is 0.295 e. The van der Waals surface area contributed by atoms with Crippen molar-refractivity contribution in [2.24, 2.45) is 0 Å². The van der Waals surface area contributed by atoms with Gasteiger partial charge in [-0.3, -0.25) is 9.59 Å². The predicted molar refractivity (Wildman–Crippen MR) is 108 cm³/mol. The zero-order chi connectivity index (χ0) is 20.3. The van der Waals surface area contributed by atoms with Gasteiger partial charge in [0, 0.05) is 30.7 Å². The van der Waals surface area contributed by atoms with Gasteiger partial charge in [-0.15, -0.1) is 11.3 Å². The lowest BCUT2D eigenvalue weighted by Gasteiger charge is -2.24. The van der Waals surface area contributed by atoms with Gasteiger partial charge in [0.15, 0.2) is 0 Å². The van der Waals surface area contributed by atoms with E-state index in [1.807, 2.05) is 24.4 Å². The number of ketones is 1. The van der Waals surface area contributed by atoms with Crippen LogP contribution in [0.15, 0.2) is 41.3 Å². The predicted octanol–water partition coefficient (Wildman–Crippen LogP) is 3.52. The number of aryl methyl sites for hydroxylation is 1. The molecule has 0 aliphatic carbocycles. The van der Waals surface area contributed by atoms with Crippen LogP contribution in [0.25, 0.3) is 5.76 Å². The van der Waals surface area contributed by atoms with Crippen LogP contribution in [0.1, 0.15) is 28.5 Å². The van der Waals surface area contributed by atoms with E-state index in [0.717, 1.165) is 10.4 Å². The molecule has 148 valence electrons. The molecule has 0 bridgehead atoms. The normalized spacial score (nSPS) is 18.7. The number of aliphatic hydroxyl groups excluding tert-OH is 1. The van der Waals surface area contributed by atoms with Crippen LogP contribution in [0.4, 0.5) is 0 Å². The van der Waals surface area contributed by atoms with Crippen LogP contribution in [0, 0.1) is 6.92 Å². The van der Waals surface area contributed by atoms with Crippen molar-refractivity contribution in [3.8, 4) is 5.75 Å². The molecule has 2 heterocycles. The summed E-state index contributed by atoms with van der Waals surface area (Å²) < 4.78 is 10.3. The van der Waals surface area contributed by atoms with E-state index in [2.05, 4.69) is 0 Å². The number of carbonyl (C=O) groups is 2. The van der Waals surface area contributed by atoms with Gasteiger partial charge in [0.2, 0.25) is 0 Å². The van der Waals surface area contributed by atoms with Gasteiger partial charge in [-0.25, -0.2) is 0 Å². The summed E-state index contributed by atoms with van der Waals surface area (Å²) in [6.07, 6.45) is 0.604. The van der Waals surface area contributed by atoms with Gasteiger partial charge in [-0.1, -0.05) is 6.07 Å². The van der Waals surface area contributed by atoms with Crippen LogP contribution < -0.4 is 4.74 Å². The highest BCUT2D eigenvalue weighted by Crippen LogP contribution is 2.41. The molecule has 1 aromatic carbocycles. The summed E-state index contributed by atoms with van der Waals surface area (Å²) in [7, 11) is 3.17. The fraction of sp³-hybridized carbons (Fsp3) is 0.333. The minimum atomic E-state index is -0.665. The van der Waals surface area contributed by atoms with E-state index < -0.39 is 17.7 Å². The highest BCUT2D eigenvalue weighted by atomic mass is 32.1. The Morgan fingerprint density at radius 2 is 2.04 bits per heavy atom. The van der Waals surface area contributed by atoms with Crippen molar-refractivity contribution in [2.75, 3.05) is 27.4 Å². The first-order valence-electron chi connectivity index (χ1n) is 8.95. The topological polar surface area (TPSA) is 76.1 Å². The molecule has 1 unspecified atom stereocenters. The Balaban J connectivity index is 2.08. The molecule has 1 aliphatic rings. The molecule has 0 radical (unpaired) electrons. The second kappa shape index (κ2) is 8.58. The first kappa shape index (κ1) is 20.1. The molecule has 1 atom stereocenters. The van der Waals surface area contributed by atoms with Crippen molar-refractivity contribution in [1.29, 1.82) is 0 Å². The number of benzene rings is 1. The molecule has 7 heteroatoms. The number of methoxy groups -OCH3 is 2. The Bertz CT molecular complexity index is 904. The van der Waals surface area contributed by atoms with E-state index in [1.54, 1.807) is 32.4 Å². The molecule has 1 N–H and O–H groups in total. The van der Waals surface area contributed by atoms with Gasteiger partial charge >= 0.3 is 0 Å². The Hall–Kier alpha value is -2.64. The van der Waals surface area contributed by atoms with Gasteiger partial charge in [0.05, 0.1) is 18.7 Å².